The van der Waals surface area contributed by atoms with Crippen molar-refractivity contribution in [2.75, 3.05) is 18.0 Å². The molecule has 0 fully saturated rings. The Morgan fingerprint density at radius 1 is 1.36 bits per heavy atom. The summed E-state index contributed by atoms with van der Waals surface area (Å²) in [6.45, 7) is 8.73. The van der Waals surface area contributed by atoms with Crippen LogP contribution in [-0.4, -0.2) is 29.3 Å². The molecule has 0 atom stereocenters. The molecule has 0 radical (unpaired) electrons. The van der Waals surface area contributed by atoms with E-state index in [1.165, 1.54) is 6.21 Å². The van der Waals surface area contributed by atoms with Crippen molar-refractivity contribution in [3.63, 3.8) is 0 Å². The largest absolute Gasteiger partial charge is 0.390 e. The number of hydrogen-bond donors (Lipinski definition) is 2. The van der Waals surface area contributed by atoms with Gasteiger partial charge in [-0.25, -0.2) is 4.98 Å². The molecule has 0 amide bonds. The fourth-order valence-electron chi connectivity index (χ4n) is 3.34. The van der Waals surface area contributed by atoms with Crippen molar-refractivity contribution < 1.29 is 0 Å². The summed E-state index contributed by atoms with van der Waals surface area (Å²) in [4.78, 5) is 11.4. The van der Waals surface area contributed by atoms with Gasteiger partial charge in [0.1, 0.15) is 11.9 Å². The quantitative estimate of drug-likeness (QED) is 0.756. The summed E-state index contributed by atoms with van der Waals surface area (Å²) in [6, 6.07) is 6.14. The summed E-state index contributed by atoms with van der Waals surface area (Å²) in [5.74, 6) is 1.46. The van der Waals surface area contributed by atoms with Gasteiger partial charge in [-0.3, -0.25) is 4.98 Å². The Hall–Kier alpha value is -3.20. The van der Waals surface area contributed by atoms with Crippen LogP contribution in [-0.2, 0) is 13.0 Å². The van der Waals surface area contributed by atoms with Gasteiger partial charge in [0.15, 0.2) is 0 Å². The van der Waals surface area contributed by atoms with Gasteiger partial charge in [-0.1, -0.05) is 13.8 Å². The molecule has 0 saturated carbocycles. The number of anilines is 1. The van der Waals surface area contributed by atoms with Gasteiger partial charge in [0.25, 0.3) is 0 Å². The molecule has 2 N–H and O–H groups in total. The van der Waals surface area contributed by atoms with E-state index in [2.05, 4.69) is 46.2 Å². The molecular formula is C22H26N6. The number of fused-ring (bicyclic) bond motifs is 1. The van der Waals surface area contributed by atoms with Crippen LogP contribution in [0.25, 0.3) is 5.57 Å². The molecule has 1 aliphatic rings. The van der Waals surface area contributed by atoms with Crippen LogP contribution in [0.4, 0.5) is 5.82 Å². The zero-order chi connectivity index (χ0) is 20.1. The lowest BCUT2D eigenvalue weighted by molar-refractivity contribution is 0.612. The molecule has 2 aromatic rings. The van der Waals surface area contributed by atoms with Crippen molar-refractivity contribution in [3.8, 4) is 6.07 Å². The number of nitriles is 1. The summed E-state index contributed by atoms with van der Waals surface area (Å²) in [5.41, 5.74) is 5.61. The molecule has 0 saturated heterocycles. The standard InChI is InChI=1S/C22H26N6/c1-15(2)10-25-12-20(9-24)18-7-19-14-28(5-4-21(19)26-13-18)22-16(3)6-17(8-23)11-27-22/h6-7,9,11-13,15,24-25H,4-5,10,14H2,1-3H3/b20-12+,24-9?. The molecular weight excluding hydrogens is 348 g/mol. The van der Waals surface area contributed by atoms with E-state index in [4.69, 9.17) is 10.7 Å². The first-order chi connectivity index (χ1) is 13.5. The molecule has 3 rings (SSSR count). The van der Waals surface area contributed by atoms with E-state index in [9.17, 15) is 0 Å². The highest BCUT2D eigenvalue weighted by atomic mass is 15.2. The first-order valence-electron chi connectivity index (χ1n) is 9.55. The number of nitrogens with one attached hydrogen (secondary N) is 2. The number of hydrogen-bond acceptors (Lipinski definition) is 6. The van der Waals surface area contributed by atoms with Crippen LogP contribution in [0, 0.1) is 29.6 Å². The molecule has 0 bridgehead atoms. The minimum atomic E-state index is 0.543. The lowest BCUT2D eigenvalue weighted by atomic mass is 10.0. The fourth-order valence-corrected chi connectivity index (χ4v) is 3.34. The Labute approximate surface area is 166 Å². The van der Waals surface area contributed by atoms with Gasteiger partial charge in [0, 0.05) is 67.7 Å². The summed E-state index contributed by atoms with van der Waals surface area (Å²) in [5, 5.41) is 20.1. The van der Waals surface area contributed by atoms with Crippen LogP contribution in [0.3, 0.4) is 0 Å². The topological polar surface area (TPSA) is 88.7 Å². The zero-order valence-electron chi connectivity index (χ0n) is 16.7. The predicted octanol–water partition coefficient (Wildman–Crippen LogP) is 3.46. The van der Waals surface area contributed by atoms with Gasteiger partial charge < -0.3 is 15.6 Å². The molecule has 6 heteroatoms. The van der Waals surface area contributed by atoms with Crippen LogP contribution < -0.4 is 10.2 Å². The number of rotatable bonds is 6. The highest BCUT2D eigenvalue weighted by molar-refractivity contribution is 6.08. The molecule has 3 heterocycles. The monoisotopic (exact) mass is 374 g/mol. The maximum Gasteiger partial charge on any atom is 0.131 e. The second kappa shape index (κ2) is 8.66. The summed E-state index contributed by atoms with van der Waals surface area (Å²) in [6.07, 6.45) is 7.59. The number of nitrogens with zero attached hydrogens (tertiary/aromatic N) is 4. The predicted molar refractivity (Wildman–Crippen MR) is 112 cm³/mol. The van der Waals surface area contributed by atoms with E-state index >= 15 is 0 Å². The van der Waals surface area contributed by atoms with Crippen molar-refractivity contribution in [1.29, 1.82) is 10.7 Å². The van der Waals surface area contributed by atoms with E-state index in [1.54, 1.807) is 6.20 Å². The number of pyridine rings is 2. The maximum absolute atomic E-state index is 9.05. The van der Waals surface area contributed by atoms with Crippen LogP contribution in [0.1, 0.15) is 41.8 Å². The second-order valence-corrected chi connectivity index (χ2v) is 7.52. The smallest absolute Gasteiger partial charge is 0.131 e. The average Bonchev–Trinajstić information content (AvgIpc) is 2.70. The minimum Gasteiger partial charge on any atom is -0.390 e. The molecule has 144 valence electrons. The molecule has 28 heavy (non-hydrogen) atoms. The van der Waals surface area contributed by atoms with E-state index in [0.29, 0.717) is 11.5 Å². The molecule has 0 aliphatic carbocycles. The third-order valence-corrected chi connectivity index (χ3v) is 4.79. The summed E-state index contributed by atoms with van der Waals surface area (Å²) < 4.78 is 0. The highest BCUT2D eigenvalue weighted by Crippen LogP contribution is 2.26. The summed E-state index contributed by atoms with van der Waals surface area (Å²) >= 11 is 0. The van der Waals surface area contributed by atoms with E-state index in [1.807, 2.05) is 25.4 Å². The third-order valence-electron chi connectivity index (χ3n) is 4.79. The molecule has 0 unspecified atom stereocenters. The van der Waals surface area contributed by atoms with Crippen LogP contribution in [0.15, 0.2) is 30.7 Å². The number of aryl methyl sites for hydroxylation is 1. The Morgan fingerprint density at radius 3 is 2.86 bits per heavy atom. The lowest BCUT2D eigenvalue weighted by Crippen LogP contribution is -2.32. The number of aromatic nitrogens is 2. The second-order valence-electron chi connectivity index (χ2n) is 7.52. The fraction of sp³-hybridized carbons (Fsp3) is 0.364. The Kier molecular flexibility index (Phi) is 6.05. The van der Waals surface area contributed by atoms with E-state index < -0.39 is 0 Å². The molecule has 2 aromatic heterocycles. The van der Waals surface area contributed by atoms with Crippen LogP contribution in [0.5, 0.6) is 0 Å². The van der Waals surface area contributed by atoms with Gasteiger partial charge in [-0.05, 0) is 36.1 Å². The first-order valence-corrected chi connectivity index (χ1v) is 9.55. The van der Waals surface area contributed by atoms with E-state index in [-0.39, 0.29) is 0 Å². The lowest BCUT2D eigenvalue weighted by Gasteiger charge is -2.30. The molecule has 6 nitrogen and oxygen atoms in total. The Balaban J connectivity index is 1.83. The Bertz CT molecular complexity index is 939. The zero-order valence-corrected chi connectivity index (χ0v) is 16.7. The summed E-state index contributed by atoms with van der Waals surface area (Å²) in [7, 11) is 0. The van der Waals surface area contributed by atoms with Crippen LogP contribution in [0.2, 0.25) is 0 Å². The SMILES string of the molecule is Cc1cc(C#N)cnc1N1CCc2ncc(/C(C=N)=C/NCC(C)C)cc2C1. The minimum absolute atomic E-state index is 0.543. The molecule has 0 aromatic carbocycles. The third kappa shape index (κ3) is 4.37. The molecule has 0 spiro atoms. The van der Waals surface area contributed by atoms with Gasteiger partial charge in [0.2, 0.25) is 0 Å². The van der Waals surface area contributed by atoms with Crippen molar-refractivity contribution in [2.24, 2.45) is 5.92 Å². The van der Waals surface area contributed by atoms with E-state index in [0.717, 1.165) is 59.8 Å². The van der Waals surface area contributed by atoms with Crippen molar-refractivity contribution in [2.45, 2.75) is 33.7 Å². The average molecular weight is 374 g/mol. The molecule has 1 aliphatic heterocycles. The van der Waals surface area contributed by atoms with Gasteiger partial charge in [0.05, 0.1) is 5.56 Å². The van der Waals surface area contributed by atoms with Crippen molar-refractivity contribution in [1.82, 2.24) is 15.3 Å². The highest BCUT2D eigenvalue weighted by Gasteiger charge is 2.20. The van der Waals surface area contributed by atoms with Gasteiger partial charge in [-0.2, -0.15) is 5.26 Å². The van der Waals surface area contributed by atoms with Crippen molar-refractivity contribution >= 4 is 17.6 Å². The van der Waals surface area contributed by atoms with Crippen molar-refractivity contribution in [3.05, 3.63) is 58.7 Å². The normalized spacial score (nSPS) is 13.8. The Morgan fingerprint density at radius 2 is 2.18 bits per heavy atom. The first kappa shape index (κ1) is 19.6. The van der Waals surface area contributed by atoms with Crippen LogP contribution >= 0.6 is 0 Å². The maximum atomic E-state index is 9.05. The number of allylic oxidation sites excluding steroid dienone is 1. The van der Waals surface area contributed by atoms with Gasteiger partial charge in [-0.15, -0.1) is 0 Å². The van der Waals surface area contributed by atoms with Gasteiger partial charge >= 0.3 is 0 Å².